The fourth-order valence-electron chi connectivity index (χ4n) is 2.66. The predicted octanol–water partition coefficient (Wildman–Crippen LogP) is 4.59. The Balaban J connectivity index is 1.83. The van der Waals surface area contributed by atoms with Crippen LogP contribution in [0, 0.1) is 5.92 Å². The first-order valence-corrected chi connectivity index (χ1v) is 7.35. The molecule has 1 heterocycles. The SMILES string of the molecule is Clc1cnccc1CC1Cc2ccccc2C1Br. The van der Waals surface area contributed by atoms with Crippen molar-refractivity contribution >= 4 is 27.5 Å². The Hall–Kier alpha value is -0.860. The molecule has 18 heavy (non-hydrogen) atoms. The van der Waals surface area contributed by atoms with Crippen LogP contribution in [0.1, 0.15) is 21.5 Å². The fraction of sp³-hybridized carbons (Fsp3) is 0.267. The standard InChI is InChI=1S/C15H13BrClN/c16-15-12(7-10-3-1-2-4-13(10)15)8-11-5-6-18-9-14(11)17/h1-6,9,12,15H,7-8H2. The van der Waals surface area contributed by atoms with E-state index in [0.29, 0.717) is 10.7 Å². The van der Waals surface area contributed by atoms with Gasteiger partial charge in [0.1, 0.15) is 0 Å². The Morgan fingerprint density at radius 2 is 2.11 bits per heavy atom. The van der Waals surface area contributed by atoms with Gasteiger partial charge in [-0.1, -0.05) is 51.8 Å². The molecule has 0 amide bonds. The molecule has 0 bridgehead atoms. The third-order valence-electron chi connectivity index (χ3n) is 3.59. The van der Waals surface area contributed by atoms with Crippen molar-refractivity contribution in [3.05, 3.63) is 64.4 Å². The molecule has 2 atom stereocenters. The molecule has 1 aliphatic carbocycles. The molecular formula is C15H13BrClN. The summed E-state index contributed by atoms with van der Waals surface area (Å²) in [6.07, 6.45) is 5.64. The number of alkyl halides is 1. The molecule has 3 rings (SSSR count). The number of halogens is 2. The number of pyridine rings is 1. The van der Waals surface area contributed by atoms with Gasteiger partial charge in [0.25, 0.3) is 0 Å². The average Bonchev–Trinajstić information content (AvgIpc) is 2.70. The van der Waals surface area contributed by atoms with Crippen LogP contribution >= 0.6 is 27.5 Å². The van der Waals surface area contributed by atoms with E-state index in [2.05, 4.69) is 45.2 Å². The zero-order chi connectivity index (χ0) is 12.5. The number of hydrogen-bond donors (Lipinski definition) is 0. The van der Waals surface area contributed by atoms with E-state index in [9.17, 15) is 0 Å². The van der Waals surface area contributed by atoms with Crippen LogP contribution in [0.2, 0.25) is 5.02 Å². The van der Waals surface area contributed by atoms with Crippen LogP contribution in [0.3, 0.4) is 0 Å². The molecule has 0 radical (unpaired) electrons. The van der Waals surface area contributed by atoms with Gasteiger partial charge in [0.2, 0.25) is 0 Å². The normalized spacial score (nSPS) is 21.9. The maximum atomic E-state index is 6.18. The van der Waals surface area contributed by atoms with E-state index in [1.165, 1.54) is 16.7 Å². The van der Waals surface area contributed by atoms with Gasteiger partial charge in [0.05, 0.1) is 5.02 Å². The van der Waals surface area contributed by atoms with Gasteiger partial charge in [0, 0.05) is 17.2 Å². The van der Waals surface area contributed by atoms with E-state index in [1.54, 1.807) is 6.20 Å². The number of aromatic nitrogens is 1. The number of benzene rings is 1. The second kappa shape index (κ2) is 5.02. The summed E-state index contributed by atoms with van der Waals surface area (Å²) in [6.45, 7) is 0. The molecule has 1 aliphatic rings. The van der Waals surface area contributed by atoms with E-state index in [1.807, 2.05) is 12.3 Å². The molecule has 3 heteroatoms. The Kier molecular flexibility index (Phi) is 3.40. The van der Waals surface area contributed by atoms with Gasteiger partial charge in [0.15, 0.2) is 0 Å². The molecule has 0 spiro atoms. The van der Waals surface area contributed by atoms with E-state index in [0.717, 1.165) is 17.9 Å². The van der Waals surface area contributed by atoms with Crippen molar-refractivity contribution in [1.29, 1.82) is 0 Å². The van der Waals surface area contributed by atoms with Crippen LogP contribution in [0.4, 0.5) is 0 Å². The predicted molar refractivity (Wildman–Crippen MR) is 78.3 cm³/mol. The highest BCUT2D eigenvalue weighted by Crippen LogP contribution is 2.43. The molecule has 1 aromatic carbocycles. The van der Waals surface area contributed by atoms with Crippen molar-refractivity contribution < 1.29 is 0 Å². The maximum Gasteiger partial charge on any atom is 0.0621 e. The minimum Gasteiger partial charge on any atom is -0.263 e. The third-order valence-corrected chi connectivity index (χ3v) is 5.17. The highest BCUT2D eigenvalue weighted by Gasteiger charge is 2.30. The van der Waals surface area contributed by atoms with Gasteiger partial charge >= 0.3 is 0 Å². The van der Waals surface area contributed by atoms with Crippen LogP contribution in [0.25, 0.3) is 0 Å². The zero-order valence-electron chi connectivity index (χ0n) is 9.81. The molecule has 1 nitrogen and oxygen atoms in total. The zero-order valence-corrected chi connectivity index (χ0v) is 12.2. The highest BCUT2D eigenvalue weighted by molar-refractivity contribution is 9.09. The maximum absolute atomic E-state index is 6.18. The molecule has 1 aromatic heterocycles. The van der Waals surface area contributed by atoms with Gasteiger partial charge in [-0.3, -0.25) is 4.98 Å². The monoisotopic (exact) mass is 321 g/mol. The highest BCUT2D eigenvalue weighted by atomic mass is 79.9. The minimum atomic E-state index is 0.429. The van der Waals surface area contributed by atoms with Crippen LogP contribution in [-0.4, -0.2) is 4.98 Å². The van der Waals surface area contributed by atoms with Crippen molar-refractivity contribution in [2.45, 2.75) is 17.7 Å². The summed E-state index contributed by atoms with van der Waals surface area (Å²) < 4.78 is 0. The van der Waals surface area contributed by atoms with Gasteiger partial charge in [-0.05, 0) is 41.5 Å². The van der Waals surface area contributed by atoms with Crippen LogP contribution in [0.5, 0.6) is 0 Å². The lowest BCUT2D eigenvalue weighted by Gasteiger charge is -2.15. The first kappa shape index (κ1) is 12.2. The summed E-state index contributed by atoms with van der Waals surface area (Å²) in [5, 5.41) is 0.771. The van der Waals surface area contributed by atoms with Crippen molar-refractivity contribution in [2.75, 3.05) is 0 Å². The lowest BCUT2D eigenvalue weighted by molar-refractivity contribution is 0.555. The summed E-state index contributed by atoms with van der Waals surface area (Å²) >= 11 is 10.0. The third kappa shape index (κ3) is 2.19. The number of fused-ring (bicyclic) bond motifs is 1. The topological polar surface area (TPSA) is 12.9 Å². The van der Waals surface area contributed by atoms with Crippen LogP contribution in [0.15, 0.2) is 42.7 Å². The molecular weight excluding hydrogens is 310 g/mol. The summed E-state index contributed by atoms with van der Waals surface area (Å²) in [7, 11) is 0. The molecule has 0 aliphatic heterocycles. The molecule has 92 valence electrons. The molecule has 0 fully saturated rings. The quantitative estimate of drug-likeness (QED) is 0.737. The molecule has 0 saturated carbocycles. The fourth-order valence-corrected chi connectivity index (χ4v) is 3.67. The summed E-state index contributed by atoms with van der Waals surface area (Å²) in [5.74, 6) is 0.572. The number of nitrogens with zero attached hydrogens (tertiary/aromatic N) is 1. The van der Waals surface area contributed by atoms with E-state index >= 15 is 0 Å². The van der Waals surface area contributed by atoms with Gasteiger partial charge in [-0.15, -0.1) is 0 Å². The van der Waals surface area contributed by atoms with Crippen molar-refractivity contribution in [1.82, 2.24) is 4.98 Å². The van der Waals surface area contributed by atoms with Gasteiger partial charge in [-0.2, -0.15) is 0 Å². The smallest absolute Gasteiger partial charge is 0.0621 e. The Labute approximate surface area is 120 Å². The summed E-state index contributed by atoms with van der Waals surface area (Å²) in [4.78, 5) is 4.46. The van der Waals surface area contributed by atoms with E-state index < -0.39 is 0 Å². The lowest BCUT2D eigenvalue weighted by atomic mass is 9.97. The Morgan fingerprint density at radius 3 is 2.89 bits per heavy atom. The number of rotatable bonds is 2. The first-order chi connectivity index (χ1) is 8.75. The minimum absolute atomic E-state index is 0.429. The Morgan fingerprint density at radius 1 is 1.28 bits per heavy atom. The lowest BCUT2D eigenvalue weighted by Crippen LogP contribution is -2.07. The molecule has 2 aromatic rings. The first-order valence-electron chi connectivity index (χ1n) is 6.06. The number of hydrogen-bond acceptors (Lipinski definition) is 1. The van der Waals surface area contributed by atoms with Crippen molar-refractivity contribution in [3.63, 3.8) is 0 Å². The second-order valence-electron chi connectivity index (χ2n) is 4.74. The Bertz CT molecular complexity index is 570. The van der Waals surface area contributed by atoms with Crippen LogP contribution in [-0.2, 0) is 12.8 Å². The second-order valence-corrected chi connectivity index (χ2v) is 6.13. The summed E-state index contributed by atoms with van der Waals surface area (Å²) in [5.41, 5.74) is 4.07. The van der Waals surface area contributed by atoms with Crippen molar-refractivity contribution in [2.24, 2.45) is 5.92 Å². The summed E-state index contributed by atoms with van der Waals surface area (Å²) in [6, 6.07) is 10.7. The van der Waals surface area contributed by atoms with Crippen molar-refractivity contribution in [3.8, 4) is 0 Å². The molecule has 0 saturated heterocycles. The van der Waals surface area contributed by atoms with Crippen LogP contribution < -0.4 is 0 Å². The largest absolute Gasteiger partial charge is 0.263 e. The molecule has 2 unspecified atom stereocenters. The molecule has 0 N–H and O–H groups in total. The van der Waals surface area contributed by atoms with E-state index in [-0.39, 0.29) is 0 Å². The van der Waals surface area contributed by atoms with Gasteiger partial charge in [-0.25, -0.2) is 0 Å². The average molecular weight is 323 g/mol. The van der Waals surface area contributed by atoms with Gasteiger partial charge < -0.3 is 0 Å². The van der Waals surface area contributed by atoms with E-state index in [4.69, 9.17) is 11.6 Å².